The summed E-state index contributed by atoms with van der Waals surface area (Å²) in [7, 11) is 1.50. The molecule has 0 bridgehead atoms. The predicted octanol–water partition coefficient (Wildman–Crippen LogP) is 4.44. The number of rotatable bonds is 10. The molecule has 5 rings (SSSR count). The van der Waals surface area contributed by atoms with Crippen LogP contribution in [0.5, 0.6) is 0 Å². The number of carbonyl (C=O) groups is 1. The number of hydrogen-bond donors (Lipinski definition) is 3. The summed E-state index contributed by atoms with van der Waals surface area (Å²) in [4.78, 5) is 54.0. The van der Waals surface area contributed by atoms with Gasteiger partial charge < -0.3 is 16.4 Å². The topological polar surface area (TPSA) is 133 Å². The van der Waals surface area contributed by atoms with Crippen LogP contribution < -0.4 is 33.2 Å². The lowest BCUT2D eigenvalue weighted by Crippen LogP contribution is -2.41. The van der Waals surface area contributed by atoms with Crippen LogP contribution in [0.15, 0.2) is 56.8 Å². The van der Waals surface area contributed by atoms with E-state index in [0.717, 1.165) is 12.8 Å². The molecule has 0 atom stereocenters. The van der Waals surface area contributed by atoms with Gasteiger partial charge in [-0.1, -0.05) is 12.5 Å². The maximum Gasteiger partial charge on any atom is 0.336 e. The molecule has 1 aliphatic rings. The molecule has 1 amide bonds. The Morgan fingerprint density at radius 3 is 2.52 bits per heavy atom. The van der Waals surface area contributed by atoms with Crippen molar-refractivity contribution < 1.29 is 9.18 Å². The molecule has 4 aromatic rings. The summed E-state index contributed by atoms with van der Waals surface area (Å²) < 4.78 is 19.4. The van der Waals surface area contributed by atoms with E-state index in [9.17, 15) is 23.6 Å². The molecular weight excluding hydrogens is 654 g/mol. The highest BCUT2D eigenvalue weighted by atomic mass is 127. The molecule has 4 N–H and O–H groups in total. The molecule has 0 radical (unpaired) electrons. The van der Waals surface area contributed by atoms with E-state index in [2.05, 4.69) is 10.6 Å². The lowest BCUT2D eigenvalue weighted by Gasteiger charge is -2.21. The number of halogens is 2. The molecular formula is C30H32FIN6O4. The van der Waals surface area contributed by atoms with Gasteiger partial charge in [-0.3, -0.25) is 28.1 Å². The number of fused-ring (bicyclic) bond motifs is 1. The molecule has 2 aromatic carbocycles. The van der Waals surface area contributed by atoms with Crippen LogP contribution in [0, 0.1) is 16.3 Å². The highest BCUT2D eigenvalue weighted by Gasteiger charge is 2.31. The number of carbonyl (C=O) groups excluding carboxylic acids is 1. The first kappa shape index (κ1) is 29.7. The molecule has 1 saturated carbocycles. The van der Waals surface area contributed by atoms with Crippen molar-refractivity contribution in [2.24, 2.45) is 12.8 Å². The number of benzene rings is 2. The number of nitrogens with zero attached hydrogens (tertiary/aromatic N) is 3. The number of unbranched alkanes of at least 4 members (excludes halogenated alkanes) is 2. The van der Waals surface area contributed by atoms with Gasteiger partial charge in [-0.25, -0.2) is 9.18 Å². The number of nitrogens with two attached hydrogens (primary N) is 1. The molecule has 0 aliphatic heterocycles. The van der Waals surface area contributed by atoms with Crippen molar-refractivity contribution in [3.05, 3.63) is 88.6 Å². The summed E-state index contributed by atoms with van der Waals surface area (Å²) in [6.07, 6.45) is 4.07. The van der Waals surface area contributed by atoms with Crippen LogP contribution in [0.2, 0.25) is 0 Å². The Balaban J connectivity index is 1.71. The van der Waals surface area contributed by atoms with Crippen molar-refractivity contribution in [1.82, 2.24) is 13.7 Å². The lowest BCUT2D eigenvalue weighted by atomic mass is 10.1. The SMILES string of the molecule is Cc1c(=O)n(C)c(Nc2ccc(I)cc2F)c2c(=O)n(C3CC3)c(=O)n(-c3cccc(NC(=O)CCCCCN)c3)c12. The van der Waals surface area contributed by atoms with Gasteiger partial charge in [0.1, 0.15) is 17.0 Å². The molecule has 220 valence electrons. The molecule has 2 aromatic heterocycles. The van der Waals surface area contributed by atoms with E-state index >= 15 is 0 Å². The van der Waals surface area contributed by atoms with Gasteiger partial charge in [0.15, 0.2) is 0 Å². The van der Waals surface area contributed by atoms with Gasteiger partial charge in [0.05, 0.1) is 16.9 Å². The number of aromatic nitrogens is 3. The molecule has 10 nitrogen and oxygen atoms in total. The van der Waals surface area contributed by atoms with Crippen molar-refractivity contribution in [1.29, 1.82) is 0 Å². The largest absolute Gasteiger partial charge is 0.338 e. The van der Waals surface area contributed by atoms with Crippen LogP contribution in [0.25, 0.3) is 16.6 Å². The summed E-state index contributed by atoms with van der Waals surface area (Å²) >= 11 is 2.00. The third-order valence-corrected chi connectivity index (χ3v) is 8.11. The Morgan fingerprint density at radius 2 is 1.83 bits per heavy atom. The Bertz CT molecular complexity index is 1880. The van der Waals surface area contributed by atoms with E-state index in [4.69, 9.17) is 5.73 Å². The van der Waals surface area contributed by atoms with Gasteiger partial charge in [-0.2, -0.15) is 0 Å². The maximum absolute atomic E-state index is 14.9. The second-order valence-electron chi connectivity index (χ2n) is 10.5. The number of anilines is 3. The monoisotopic (exact) mass is 686 g/mol. The molecule has 12 heteroatoms. The van der Waals surface area contributed by atoms with E-state index in [1.54, 1.807) is 37.3 Å². The van der Waals surface area contributed by atoms with Gasteiger partial charge in [-0.15, -0.1) is 0 Å². The van der Waals surface area contributed by atoms with Gasteiger partial charge >= 0.3 is 5.69 Å². The first-order valence-corrected chi connectivity index (χ1v) is 14.9. The fourth-order valence-corrected chi connectivity index (χ4v) is 5.58. The Kier molecular flexibility index (Phi) is 8.64. The molecule has 2 heterocycles. The number of pyridine rings is 1. The van der Waals surface area contributed by atoms with Gasteiger partial charge in [0.25, 0.3) is 11.1 Å². The second-order valence-corrected chi connectivity index (χ2v) is 11.8. The zero-order valence-electron chi connectivity index (χ0n) is 23.4. The van der Waals surface area contributed by atoms with Crippen molar-refractivity contribution in [3.63, 3.8) is 0 Å². The summed E-state index contributed by atoms with van der Waals surface area (Å²) in [5, 5.41) is 5.93. The summed E-state index contributed by atoms with van der Waals surface area (Å²) in [6, 6.07) is 11.0. The van der Waals surface area contributed by atoms with E-state index in [1.165, 1.54) is 32.9 Å². The van der Waals surface area contributed by atoms with E-state index < -0.39 is 22.6 Å². The van der Waals surface area contributed by atoms with Crippen molar-refractivity contribution in [2.45, 2.75) is 51.5 Å². The highest BCUT2D eigenvalue weighted by Crippen LogP contribution is 2.34. The minimum atomic E-state index is -0.581. The zero-order valence-corrected chi connectivity index (χ0v) is 25.5. The molecule has 0 saturated heterocycles. The molecule has 42 heavy (non-hydrogen) atoms. The third-order valence-electron chi connectivity index (χ3n) is 7.44. The van der Waals surface area contributed by atoms with Crippen LogP contribution in [0.4, 0.5) is 21.6 Å². The third kappa shape index (κ3) is 5.77. The average molecular weight is 687 g/mol. The standard InChI is InChI=1S/C30H32FIN6O4/c1-17-26-25(27(36(2)28(17)40)35-23-13-10-18(32)15-22(23)31)29(41)38(20-11-12-20)30(42)37(26)21-8-6-7-19(16-21)34-24(39)9-4-3-5-14-33/h6-8,10,13,15-16,20,35H,3-5,9,11-12,14,33H2,1-2H3,(H,34,39). The normalized spacial score (nSPS) is 13.0. The van der Waals surface area contributed by atoms with Crippen molar-refractivity contribution >= 4 is 56.6 Å². The summed E-state index contributed by atoms with van der Waals surface area (Å²) in [5.41, 5.74) is 5.20. The van der Waals surface area contributed by atoms with Crippen molar-refractivity contribution in [2.75, 3.05) is 17.2 Å². The summed E-state index contributed by atoms with van der Waals surface area (Å²) in [5.74, 6) is -0.637. The minimum absolute atomic E-state index is 0.0794. The second kappa shape index (κ2) is 12.2. The number of amides is 1. The number of hydrogen-bond acceptors (Lipinski definition) is 6. The van der Waals surface area contributed by atoms with Gasteiger partial charge in [-0.05, 0) is 98.1 Å². The number of aryl methyl sites for hydroxylation is 1. The van der Waals surface area contributed by atoms with E-state index in [0.29, 0.717) is 47.2 Å². The first-order valence-electron chi connectivity index (χ1n) is 13.9. The first-order chi connectivity index (χ1) is 20.1. The quantitative estimate of drug-likeness (QED) is 0.167. The fourth-order valence-electron chi connectivity index (χ4n) is 5.13. The smallest absolute Gasteiger partial charge is 0.336 e. The highest BCUT2D eigenvalue weighted by molar-refractivity contribution is 14.1. The maximum atomic E-state index is 14.9. The Labute approximate surface area is 254 Å². The van der Waals surface area contributed by atoms with E-state index in [1.807, 2.05) is 22.6 Å². The lowest BCUT2D eigenvalue weighted by molar-refractivity contribution is -0.116. The van der Waals surface area contributed by atoms with E-state index in [-0.39, 0.29) is 39.9 Å². The van der Waals surface area contributed by atoms with Gasteiger partial charge in [0, 0.05) is 34.3 Å². The van der Waals surface area contributed by atoms with Crippen LogP contribution >= 0.6 is 22.6 Å². The average Bonchev–Trinajstić information content (AvgIpc) is 3.79. The molecule has 1 aliphatic carbocycles. The number of nitrogens with one attached hydrogen (secondary N) is 2. The van der Waals surface area contributed by atoms with Gasteiger partial charge in [0.2, 0.25) is 5.91 Å². The van der Waals surface area contributed by atoms with Crippen molar-refractivity contribution in [3.8, 4) is 5.69 Å². The van der Waals surface area contributed by atoms with Crippen LogP contribution in [-0.2, 0) is 11.8 Å². The van der Waals surface area contributed by atoms with Crippen LogP contribution in [0.1, 0.15) is 50.1 Å². The van der Waals surface area contributed by atoms with Crippen LogP contribution in [-0.4, -0.2) is 26.2 Å². The Morgan fingerprint density at radius 1 is 1.07 bits per heavy atom. The predicted molar refractivity (Wildman–Crippen MR) is 171 cm³/mol. The molecule has 0 spiro atoms. The van der Waals surface area contributed by atoms with Crippen LogP contribution in [0.3, 0.4) is 0 Å². The molecule has 0 unspecified atom stereocenters. The zero-order chi connectivity index (χ0) is 30.1. The molecule has 1 fully saturated rings. The summed E-state index contributed by atoms with van der Waals surface area (Å²) in [6.45, 7) is 2.14. The Hall–Kier alpha value is -3.78. The minimum Gasteiger partial charge on any atom is -0.338 e. The fraction of sp³-hybridized carbons (Fsp3) is 0.333.